The van der Waals surface area contributed by atoms with Crippen molar-refractivity contribution in [1.82, 2.24) is 4.90 Å². The zero-order valence-electron chi connectivity index (χ0n) is 15.4. The van der Waals surface area contributed by atoms with Crippen molar-refractivity contribution >= 4 is 17.5 Å². The fourth-order valence-electron chi connectivity index (χ4n) is 2.71. The Morgan fingerprint density at radius 2 is 1.56 bits per heavy atom. The molecule has 1 N–H and O–H groups in total. The number of rotatable bonds is 6. The van der Waals surface area contributed by atoms with E-state index in [9.17, 15) is 9.59 Å². The van der Waals surface area contributed by atoms with Crippen LogP contribution >= 0.6 is 0 Å². The van der Waals surface area contributed by atoms with E-state index in [1.807, 2.05) is 63.2 Å². The van der Waals surface area contributed by atoms with Crippen molar-refractivity contribution in [2.24, 2.45) is 0 Å². The number of hydrogen-bond donors (Lipinski definition) is 1. The number of carbonyl (C=O) groups is 2. The Balaban J connectivity index is 1.95. The number of hydrogen-bond acceptors (Lipinski definition) is 2. The molecule has 0 radical (unpaired) electrons. The lowest BCUT2D eigenvalue weighted by Gasteiger charge is -2.21. The summed E-state index contributed by atoms with van der Waals surface area (Å²) in [5.41, 5.74) is 5.19. The van der Waals surface area contributed by atoms with Gasteiger partial charge in [-0.1, -0.05) is 48.0 Å². The molecule has 2 aromatic rings. The number of nitrogens with zero attached hydrogens (tertiary/aromatic N) is 1. The average Bonchev–Trinajstić information content (AvgIpc) is 2.56. The van der Waals surface area contributed by atoms with Crippen LogP contribution in [-0.4, -0.2) is 23.3 Å². The van der Waals surface area contributed by atoms with E-state index in [0.717, 1.165) is 22.4 Å². The standard InChI is InChI=1S/C21H26N2O2/c1-15-8-10-19(11-9-15)14-23(18(4)24)13-12-20(25)22-21-16(2)6-5-7-17(21)3/h5-11H,12-14H2,1-4H3,(H,22,25). The molecule has 0 heterocycles. The molecule has 0 aromatic heterocycles. The van der Waals surface area contributed by atoms with Gasteiger partial charge in [0, 0.05) is 32.1 Å². The number of para-hydroxylation sites is 1. The molecule has 2 rings (SSSR count). The minimum absolute atomic E-state index is 0.0274. The van der Waals surface area contributed by atoms with Crippen LogP contribution in [0.25, 0.3) is 0 Å². The predicted octanol–water partition coefficient (Wildman–Crippen LogP) is 3.99. The average molecular weight is 338 g/mol. The molecule has 0 aliphatic carbocycles. The molecule has 25 heavy (non-hydrogen) atoms. The highest BCUT2D eigenvalue weighted by Gasteiger charge is 2.13. The normalized spacial score (nSPS) is 10.4. The van der Waals surface area contributed by atoms with Crippen LogP contribution in [0.3, 0.4) is 0 Å². The second kappa shape index (κ2) is 8.47. The Morgan fingerprint density at radius 3 is 2.12 bits per heavy atom. The Kier molecular flexibility index (Phi) is 6.34. The highest BCUT2D eigenvalue weighted by Crippen LogP contribution is 2.19. The minimum atomic E-state index is -0.0763. The summed E-state index contributed by atoms with van der Waals surface area (Å²) in [6, 6.07) is 14.0. The molecule has 0 atom stereocenters. The van der Waals surface area contributed by atoms with Gasteiger partial charge >= 0.3 is 0 Å². The summed E-state index contributed by atoms with van der Waals surface area (Å²) < 4.78 is 0. The summed E-state index contributed by atoms with van der Waals surface area (Å²) in [7, 11) is 0. The summed E-state index contributed by atoms with van der Waals surface area (Å²) in [5, 5.41) is 2.97. The second-order valence-corrected chi connectivity index (χ2v) is 6.49. The molecule has 0 spiro atoms. The summed E-state index contributed by atoms with van der Waals surface area (Å²) >= 11 is 0. The van der Waals surface area contributed by atoms with Gasteiger partial charge < -0.3 is 10.2 Å². The first-order valence-corrected chi connectivity index (χ1v) is 8.54. The molecule has 4 heteroatoms. The van der Waals surface area contributed by atoms with E-state index in [0.29, 0.717) is 13.1 Å². The number of carbonyl (C=O) groups excluding carboxylic acids is 2. The predicted molar refractivity (Wildman–Crippen MR) is 101 cm³/mol. The Hall–Kier alpha value is -2.62. The molecule has 2 aromatic carbocycles. The lowest BCUT2D eigenvalue weighted by molar-refractivity contribution is -0.129. The smallest absolute Gasteiger partial charge is 0.226 e. The van der Waals surface area contributed by atoms with Gasteiger partial charge in [-0.25, -0.2) is 0 Å². The number of amides is 2. The molecule has 0 unspecified atom stereocenters. The Labute approximate surface area is 149 Å². The molecule has 0 aliphatic heterocycles. The van der Waals surface area contributed by atoms with Crippen molar-refractivity contribution in [2.45, 2.75) is 40.7 Å². The molecule has 0 saturated carbocycles. The SMILES string of the molecule is CC(=O)N(CCC(=O)Nc1c(C)cccc1C)Cc1ccc(C)cc1. The first-order valence-electron chi connectivity index (χ1n) is 8.54. The van der Waals surface area contributed by atoms with Gasteiger partial charge in [0.2, 0.25) is 11.8 Å². The van der Waals surface area contributed by atoms with Gasteiger partial charge in [0.25, 0.3) is 0 Å². The summed E-state index contributed by atoms with van der Waals surface area (Å²) in [6.45, 7) is 8.44. The third kappa shape index (κ3) is 5.45. The lowest BCUT2D eigenvalue weighted by atomic mass is 10.1. The summed E-state index contributed by atoms with van der Waals surface area (Å²) in [4.78, 5) is 25.9. The molecule has 132 valence electrons. The maximum Gasteiger partial charge on any atom is 0.226 e. The molecular formula is C21H26N2O2. The number of benzene rings is 2. The second-order valence-electron chi connectivity index (χ2n) is 6.49. The Morgan fingerprint density at radius 1 is 0.960 bits per heavy atom. The first-order chi connectivity index (χ1) is 11.9. The Bertz CT molecular complexity index is 731. The number of aryl methyl sites for hydroxylation is 3. The highest BCUT2D eigenvalue weighted by molar-refractivity contribution is 5.92. The van der Waals surface area contributed by atoms with Gasteiger partial charge in [0.05, 0.1) is 0 Å². The fraction of sp³-hybridized carbons (Fsp3) is 0.333. The quantitative estimate of drug-likeness (QED) is 0.866. The molecule has 4 nitrogen and oxygen atoms in total. The third-order valence-corrected chi connectivity index (χ3v) is 4.29. The van der Waals surface area contributed by atoms with Crippen molar-refractivity contribution in [2.75, 3.05) is 11.9 Å². The van der Waals surface area contributed by atoms with Crippen LogP contribution in [0.2, 0.25) is 0 Å². The van der Waals surface area contributed by atoms with Gasteiger partial charge in [0.1, 0.15) is 0 Å². The third-order valence-electron chi connectivity index (χ3n) is 4.29. The van der Waals surface area contributed by atoms with Crippen molar-refractivity contribution in [3.63, 3.8) is 0 Å². The van der Waals surface area contributed by atoms with E-state index < -0.39 is 0 Å². The fourth-order valence-corrected chi connectivity index (χ4v) is 2.71. The van der Waals surface area contributed by atoms with Gasteiger partial charge in [-0.15, -0.1) is 0 Å². The van der Waals surface area contributed by atoms with Crippen LogP contribution in [0.1, 0.15) is 35.6 Å². The van der Waals surface area contributed by atoms with Crippen LogP contribution in [0.5, 0.6) is 0 Å². The monoisotopic (exact) mass is 338 g/mol. The zero-order valence-corrected chi connectivity index (χ0v) is 15.4. The van der Waals surface area contributed by atoms with E-state index >= 15 is 0 Å². The first kappa shape index (κ1) is 18.7. The van der Waals surface area contributed by atoms with Crippen LogP contribution in [-0.2, 0) is 16.1 Å². The molecule has 0 saturated heterocycles. The number of anilines is 1. The zero-order chi connectivity index (χ0) is 18.4. The van der Waals surface area contributed by atoms with Crippen LogP contribution in [0.4, 0.5) is 5.69 Å². The maximum atomic E-state index is 12.3. The van der Waals surface area contributed by atoms with E-state index in [2.05, 4.69) is 5.32 Å². The topological polar surface area (TPSA) is 49.4 Å². The summed E-state index contributed by atoms with van der Waals surface area (Å²) in [6.07, 6.45) is 0.277. The van der Waals surface area contributed by atoms with Crippen molar-refractivity contribution in [3.8, 4) is 0 Å². The minimum Gasteiger partial charge on any atom is -0.338 e. The van der Waals surface area contributed by atoms with Gasteiger partial charge in [-0.2, -0.15) is 0 Å². The van der Waals surface area contributed by atoms with Gasteiger partial charge in [-0.05, 0) is 37.5 Å². The lowest BCUT2D eigenvalue weighted by Crippen LogP contribution is -2.31. The summed E-state index contributed by atoms with van der Waals surface area (Å²) in [5.74, 6) is -0.104. The molecule has 0 bridgehead atoms. The van der Waals surface area contributed by atoms with Gasteiger partial charge in [-0.3, -0.25) is 9.59 Å². The molecular weight excluding hydrogens is 312 g/mol. The van der Waals surface area contributed by atoms with Crippen molar-refractivity contribution in [3.05, 3.63) is 64.7 Å². The number of nitrogens with one attached hydrogen (secondary N) is 1. The van der Waals surface area contributed by atoms with Crippen LogP contribution in [0, 0.1) is 20.8 Å². The van der Waals surface area contributed by atoms with Crippen LogP contribution in [0.15, 0.2) is 42.5 Å². The largest absolute Gasteiger partial charge is 0.338 e. The van der Waals surface area contributed by atoms with Crippen LogP contribution < -0.4 is 5.32 Å². The molecule has 0 fully saturated rings. The van der Waals surface area contributed by atoms with E-state index in [-0.39, 0.29) is 18.2 Å². The van der Waals surface area contributed by atoms with Crippen molar-refractivity contribution < 1.29 is 9.59 Å². The van der Waals surface area contributed by atoms with Crippen molar-refractivity contribution in [1.29, 1.82) is 0 Å². The van der Waals surface area contributed by atoms with E-state index in [1.54, 1.807) is 4.90 Å². The van der Waals surface area contributed by atoms with Gasteiger partial charge in [0.15, 0.2) is 0 Å². The highest BCUT2D eigenvalue weighted by atomic mass is 16.2. The van der Waals surface area contributed by atoms with E-state index in [1.165, 1.54) is 12.5 Å². The molecule has 2 amide bonds. The van der Waals surface area contributed by atoms with E-state index in [4.69, 9.17) is 0 Å². The molecule has 0 aliphatic rings. The maximum absolute atomic E-state index is 12.3.